The fourth-order valence-corrected chi connectivity index (χ4v) is 8.70. The van der Waals surface area contributed by atoms with E-state index in [9.17, 15) is 14.7 Å². The second-order valence-corrected chi connectivity index (χ2v) is 14.9. The highest BCUT2D eigenvalue weighted by Crippen LogP contribution is 2.47. The van der Waals surface area contributed by atoms with Crippen molar-refractivity contribution in [2.75, 3.05) is 57.7 Å². The average Bonchev–Trinajstić information content (AvgIpc) is 3.50. The van der Waals surface area contributed by atoms with E-state index < -0.39 is 6.04 Å². The zero-order valence-corrected chi connectivity index (χ0v) is 30.3. The van der Waals surface area contributed by atoms with Crippen molar-refractivity contribution in [1.29, 1.82) is 0 Å². The maximum atomic E-state index is 13.1. The first kappa shape index (κ1) is 34.9. The van der Waals surface area contributed by atoms with Gasteiger partial charge in [0.15, 0.2) is 0 Å². The van der Waals surface area contributed by atoms with Crippen molar-refractivity contribution in [3.63, 3.8) is 0 Å². The highest BCUT2D eigenvalue weighted by Gasteiger charge is 2.38. The van der Waals surface area contributed by atoms with Gasteiger partial charge in [-0.15, -0.1) is 0 Å². The molecule has 3 aliphatic heterocycles. The van der Waals surface area contributed by atoms with Crippen LogP contribution < -0.4 is 15.4 Å². The van der Waals surface area contributed by atoms with Gasteiger partial charge >= 0.3 is 0 Å². The van der Waals surface area contributed by atoms with Crippen LogP contribution in [-0.4, -0.2) is 90.1 Å². The summed E-state index contributed by atoms with van der Waals surface area (Å²) in [6, 6.07) is 30.8. The fraction of sp³-hybridized carbons (Fsp3) is 0.364. The van der Waals surface area contributed by atoms with Crippen LogP contribution in [0.2, 0.25) is 0 Å². The van der Waals surface area contributed by atoms with E-state index in [-0.39, 0.29) is 17.7 Å². The Kier molecular flexibility index (Phi) is 10.2. The number of hydrogen-bond acceptors (Lipinski definition) is 7. The summed E-state index contributed by atoms with van der Waals surface area (Å²) in [5.41, 5.74) is 8.56. The van der Waals surface area contributed by atoms with Crippen molar-refractivity contribution in [1.82, 2.24) is 20.0 Å². The Bertz CT molecular complexity index is 1960. The minimum atomic E-state index is -0.439. The Morgan fingerprint density at radius 3 is 2.36 bits per heavy atom. The summed E-state index contributed by atoms with van der Waals surface area (Å²) in [6.45, 7) is 11.7. The van der Waals surface area contributed by atoms with E-state index in [0.29, 0.717) is 43.2 Å². The number of piperidine rings is 1. The zero-order valence-electron chi connectivity index (χ0n) is 30.3. The predicted octanol–water partition coefficient (Wildman–Crippen LogP) is 6.11. The third kappa shape index (κ3) is 7.68. The maximum absolute atomic E-state index is 13.1. The highest BCUT2D eigenvalue weighted by atomic mass is 16.5. The van der Waals surface area contributed by atoms with Crippen molar-refractivity contribution < 1.29 is 19.4 Å². The molecule has 0 saturated carbocycles. The molecule has 3 atom stereocenters. The van der Waals surface area contributed by atoms with Crippen LogP contribution >= 0.6 is 0 Å². The lowest BCUT2D eigenvalue weighted by Crippen LogP contribution is -2.49. The van der Waals surface area contributed by atoms with Crippen LogP contribution in [0, 0.1) is 0 Å². The highest BCUT2D eigenvalue weighted by molar-refractivity contribution is 6.01. The summed E-state index contributed by atoms with van der Waals surface area (Å²) in [5, 5.41) is 16.5. The minimum Gasteiger partial charge on any atom is -0.508 e. The Morgan fingerprint density at radius 2 is 1.58 bits per heavy atom. The van der Waals surface area contributed by atoms with E-state index in [0.717, 1.165) is 81.4 Å². The van der Waals surface area contributed by atoms with E-state index in [4.69, 9.17) is 4.74 Å². The SMILES string of the molecule is C=C1CCC(N2Cc3cc(NCCN4CCN(CCOc5ccc(C6c7ccc(O)cc7CCC6c6ccccc6)cc5)CC4)ccc3C2=O)C(=O)N1. The minimum absolute atomic E-state index is 0.0677. The van der Waals surface area contributed by atoms with Crippen LogP contribution in [-0.2, 0) is 17.8 Å². The van der Waals surface area contributed by atoms with Crippen LogP contribution in [0.1, 0.15) is 69.3 Å². The molecule has 274 valence electrons. The van der Waals surface area contributed by atoms with Crippen LogP contribution in [0.5, 0.6) is 11.5 Å². The number of rotatable bonds is 11. The lowest BCUT2D eigenvalue weighted by molar-refractivity contribution is -0.126. The van der Waals surface area contributed by atoms with Gasteiger partial charge in [0.1, 0.15) is 24.1 Å². The third-order valence-corrected chi connectivity index (χ3v) is 11.6. The number of benzene rings is 4. The number of carbonyl (C=O) groups excluding carboxylic acids is 2. The Labute approximate surface area is 312 Å². The summed E-state index contributed by atoms with van der Waals surface area (Å²) in [5.74, 6) is 1.63. The van der Waals surface area contributed by atoms with Crippen LogP contribution in [0.25, 0.3) is 0 Å². The van der Waals surface area contributed by atoms with E-state index >= 15 is 0 Å². The molecule has 2 amide bonds. The number of ether oxygens (including phenoxy) is 1. The van der Waals surface area contributed by atoms with Gasteiger partial charge in [-0.1, -0.05) is 55.1 Å². The smallest absolute Gasteiger partial charge is 0.255 e. The van der Waals surface area contributed by atoms with E-state index in [1.165, 1.54) is 22.3 Å². The van der Waals surface area contributed by atoms with Crippen molar-refractivity contribution in [2.45, 2.75) is 50.1 Å². The van der Waals surface area contributed by atoms with Gasteiger partial charge in [-0.3, -0.25) is 19.4 Å². The molecule has 53 heavy (non-hydrogen) atoms. The molecule has 9 nitrogen and oxygen atoms in total. The number of aryl methyl sites for hydroxylation is 1. The Hall–Kier alpha value is -5.12. The summed E-state index contributed by atoms with van der Waals surface area (Å²) in [4.78, 5) is 32.2. The van der Waals surface area contributed by atoms with Crippen LogP contribution in [0.4, 0.5) is 5.69 Å². The summed E-state index contributed by atoms with van der Waals surface area (Å²) in [7, 11) is 0. The molecule has 0 spiro atoms. The molecule has 8 rings (SSSR count). The monoisotopic (exact) mass is 711 g/mol. The molecule has 3 heterocycles. The molecule has 0 bridgehead atoms. The summed E-state index contributed by atoms with van der Waals surface area (Å²) in [6.07, 6.45) is 3.32. The summed E-state index contributed by atoms with van der Waals surface area (Å²) < 4.78 is 6.23. The number of nitrogens with one attached hydrogen (secondary N) is 2. The van der Waals surface area contributed by atoms with Crippen molar-refractivity contribution >= 4 is 17.5 Å². The van der Waals surface area contributed by atoms with Gasteiger partial charge in [-0.05, 0) is 102 Å². The lowest BCUT2D eigenvalue weighted by atomic mass is 9.69. The van der Waals surface area contributed by atoms with Gasteiger partial charge in [-0.2, -0.15) is 0 Å². The average molecular weight is 712 g/mol. The van der Waals surface area contributed by atoms with Gasteiger partial charge in [0.25, 0.3) is 5.91 Å². The molecular weight excluding hydrogens is 663 g/mol. The van der Waals surface area contributed by atoms with E-state index in [2.05, 4.69) is 93.7 Å². The van der Waals surface area contributed by atoms with Gasteiger partial charge < -0.3 is 25.4 Å². The molecule has 1 aliphatic carbocycles. The number of nitrogens with zero attached hydrogens (tertiary/aromatic N) is 3. The quantitative estimate of drug-likeness (QED) is 0.173. The number of anilines is 1. The standard InChI is InChI=1S/C44H49N5O4/c1-30-7-18-41(43(51)46-30)49-29-34-27-35(11-16-40(34)44(49)52)45-19-20-47-21-23-48(24-22-47)25-26-53-37-13-8-32(9-14-37)42-38(31-5-3-2-4-6-31)15-10-33-28-36(50)12-17-39(33)42/h2-6,8-9,11-14,16-17,27-28,38,41-42,45,50H,1,7,10,15,18-26,29H2,(H,46,51). The molecule has 2 fully saturated rings. The number of allylic oxidation sites excluding steroid dienone is 1. The van der Waals surface area contributed by atoms with E-state index in [1.54, 1.807) is 4.90 Å². The number of hydrogen-bond donors (Lipinski definition) is 3. The normalized spacial score (nSPS) is 21.9. The van der Waals surface area contributed by atoms with Crippen molar-refractivity contribution in [2.24, 2.45) is 0 Å². The molecule has 4 aliphatic rings. The molecule has 0 aromatic heterocycles. The van der Waals surface area contributed by atoms with Crippen LogP contribution in [0.3, 0.4) is 0 Å². The number of aromatic hydroxyl groups is 1. The lowest BCUT2D eigenvalue weighted by Gasteiger charge is -2.35. The first-order valence-electron chi connectivity index (χ1n) is 19.1. The Balaban J connectivity index is 0.778. The molecule has 3 N–H and O–H groups in total. The topological polar surface area (TPSA) is 97.4 Å². The molecule has 4 aromatic carbocycles. The van der Waals surface area contributed by atoms with Gasteiger partial charge in [-0.25, -0.2) is 0 Å². The number of piperazine rings is 1. The molecule has 0 radical (unpaired) electrons. The first-order valence-corrected chi connectivity index (χ1v) is 19.1. The zero-order chi connectivity index (χ0) is 36.3. The van der Waals surface area contributed by atoms with Crippen molar-refractivity contribution in [3.05, 3.63) is 137 Å². The predicted molar refractivity (Wildman–Crippen MR) is 207 cm³/mol. The van der Waals surface area contributed by atoms with Crippen molar-refractivity contribution in [3.8, 4) is 11.5 Å². The molecule has 3 unspecified atom stereocenters. The Morgan fingerprint density at radius 1 is 0.811 bits per heavy atom. The third-order valence-electron chi connectivity index (χ3n) is 11.6. The number of carbonyl (C=O) groups is 2. The molecule has 9 heteroatoms. The summed E-state index contributed by atoms with van der Waals surface area (Å²) >= 11 is 0. The molecule has 4 aromatic rings. The largest absolute Gasteiger partial charge is 0.508 e. The number of amides is 2. The maximum Gasteiger partial charge on any atom is 0.255 e. The molecular formula is C44H49N5O4. The second kappa shape index (κ2) is 15.5. The molecule has 2 saturated heterocycles. The second-order valence-electron chi connectivity index (χ2n) is 14.9. The number of phenolic OH excluding ortho intramolecular Hbond substituents is 1. The van der Waals surface area contributed by atoms with E-state index in [1.807, 2.05) is 24.3 Å². The number of fused-ring (bicyclic) bond motifs is 2. The van der Waals surface area contributed by atoms with Gasteiger partial charge in [0.2, 0.25) is 5.91 Å². The van der Waals surface area contributed by atoms with Gasteiger partial charge in [0.05, 0.1) is 0 Å². The fourth-order valence-electron chi connectivity index (χ4n) is 8.70. The van der Waals surface area contributed by atoms with Gasteiger partial charge in [0, 0.05) is 75.2 Å². The first-order chi connectivity index (χ1) is 25.9. The van der Waals surface area contributed by atoms with Crippen LogP contribution in [0.15, 0.2) is 103 Å². The number of phenols is 1.